The van der Waals surface area contributed by atoms with E-state index in [1.807, 2.05) is 35.9 Å². The van der Waals surface area contributed by atoms with E-state index in [4.69, 9.17) is 14.5 Å². The van der Waals surface area contributed by atoms with Crippen LogP contribution in [0.5, 0.6) is 11.5 Å². The lowest BCUT2D eigenvalue weighted by molar-refractivity contribution is 0.0922. The lowest BCUT2D eigenvalue weighted by Crippen LogP contribution is -2.33. The van der Waals surface area contributed by atoms with Gasteiger partial charge in [-0.15, -0.1) is 0 Å². The highest BCUT2D eigenvalue weighted by Gasteiger charge is 2.25. The van der Waals surface area contributed by atoms with Gasteiger partial charge in [-0.1, -0.05) is 26.0 Å². The van der Waals surface area contributed by atoms with Crippen molar-refractivity contribution < 1.29 is 14.3 Å². The second-order valence-corrected chi connectivity index (χ2v) is 7.42. The number of rotatable bonds is 4. The molecule has 1 aromatic heterocycles. The maximum Gasteiger partial charge on any atom is 0.252 e. The topological polar surface area (TPSA) is 65.4 Å². The minimum Gasteiger partial charge on any atom is -0.490 e. The van der Waals surface area contributed by atoms with E-state index in [0.29, 0.717) is 30.3 Å². The molecule has 2 heterocycles. The maximum atomic E-state index is 13.0. The Morgan fingerprint density at radius 2 is 1.86 bits per heavy atom. The zero-order valence-electron chi connectivity index (χ0n) is 16.4. The first-order valence-corrected chi connectivity index (χ1v) is 9.66. The molecule has 3 aromatic rings. The van der Waals surface area contributed by atoms with Gasteiger partial charge >= 0.3 is 0 Å². The zero-order valence-corrected chi connectivity index (χ0v) is 16.4. The summed E-state index contributed by atoms with van der Waals surface area (Å²) in [7, 11) is 1.99. The summed E-state index contributed by atoms with van der Waals surface area (Å²) >= 11 is 0. The van der Waals surface area contributed by atoms with E-state index in [1.54, 1.807) is 18.2 Å². The van der Waals surface area contributed by atoms with Crippen LogP contribution in [0.2, 0.25) is 0 Å². The van der Waals surface area contributed by atoms with Crippen LogP contribution >= 0.6 is 0 Å². The molecule has 4 rings (SSSR count). The number of carbonyl (C=O) groups excluding carboxylic acids is 1. The fourth-order valence-electron chi connectivity index (χ4n) is 3.50. The van der Waals surface area contributed by atoms with E-state index >= 15 is 0 Å². The standard InChI is InChI=1S/C22H25N3O3/c1-14(2)20(21-23-16-7-4-5-8-17(16)25(21)3)24-22(26)15-9-10-18-19(13-15)28-12-6-11-27-18/h4-5,7-10,13-14,20H,6,11-12H2,1-3H3,(H,24,26)/t20-/m1/s1. The summed E-state index contributed by atoms with van der Waals surface area (Å²) in [6, 6.07) is 13.1. The molecule has 0 saturated heterocycles. The molecule has 1 aliphatic heterocycles. The van der Waals surface area contributed by atoms with Crippen LogP contribution in [0.1, 0.15) is 42.5 Å². The van der Waals surface area contributed by atoms with Gasteiger partial charge in [0.25, 0.3) is 5.91 Å². The number of aryl methyl sites for hydroxylation is 1. The Kier molecular flexibility index (Phi) is 4.94. The molecule has 0 unspecified atom stereocenters. The predicted molar refractivity (Wildman–Crippen MR) is 108 cm³/mol. The largest absolute Gasteiger partial charge is 0.490 e. The molecule has 1 aliphatic rings. The van der Waals surface area contributed by atoms with Gasteiger partial charge in [-0.3, -0.25) is 4.79 Å². The second-order valence-electron chi connectivity index (χ2n) is 7.42. The van der Waals surface area contributed by atoms with Crippen molar-refractivity contribution in [1.29, 1.82) is 0 Å². The van der Waals surface area contributed by atoms with Crippen molar-refractivity contribution in [2.45, 2.75) is 26.3 Å². The van der Waals surface area contributed by atoms with E-state index in [1.165, 1.54) is 0 Å². The molecule has 2 aromatic carbocycles. The normalized spacial score (nSPS) is 14.7. The molecular weight excluding hydrogens is 354 g/mol. The molecule has 0 fully saturated rings. The van der Waals surface area contributed by atoms with E-state index in [9.17, 15) is 4.79 Å². The Bertz CT molecular complexity index is 1010. The third-order valence-electron chi connectivity index (χ3n) is 5.06. The summed E-state index contributed by atoms with van der Waals surface area (Å²) < 4.78 is 13.4. The highest BCUT2D eigenvalue weighted by Crippen LogP contribution is 2.31. The average molecular weight is 379 g/mol. The fourth-order valence-corrected chi connectivity index (χ4v) is 3.50. The van der Waals surface area contributed by atoms with Gasteiger partial charge in [0.2, 0.25) is 0 Å². The number of nitrogens with one attached hydrogen (secondary N) is 1. The van der Waals surface area contributed by atoms with E-state index in [-0.39, 0.29) is 17.9 Å². The van der Waals surface area contributed by atoms with E-state index in [2.05, 4.69) is 19.2 Å². The Morgan fingerprint density at radius 3 is 2.61 bits per heavy atom. The highest BCUT2D eigenvalue weighted by atomic mass is 16.5. The summed E-state index contributed by atoms with van der Waals surface area (Å²) in [4.78, 5) is 17.8. The van der Waals surface area contributed by atoms with Crippen LogP contribution in [-0.2, 0) is 7.05 Å². The number of para-hydroxylation sites is 2. The van der Waals surface area contributed by atoms with Crippen LogP contribution in [-0.4, -0.2) is 28.7 Å². The molecule has 0 radical (unpaired) electrons. The van der Waals surface area contributed by atoms with Crippen molar-refractivity contribution in [3.8, 4) is 11.5 Å². The van der Waals surface area contributed by atoms with Crippen LogP contribution in [0.25, 0.3) is 11.0 Å². The monoisotopic (exact) mass is 379 g/mol. The first-order valence-electron chi connectivity index (χ1n) is 9.66. The summed E-state index contributed by atoms with van der Waals surface area (Å²) in [6.45, 7) is 5.38. The lowest BCUT2D eigenvalue weighted by Gasteiger charge is -2.22. The number of hydrogen-bond donors (Lipinski definition) is 1. The molecule has 0 bridgehead atoms. The Morgan fingerprint density at radius 1 is 1.11 bits per heavy atom. The molecule has 28 heavy (non-hydrogen) atoms. The van der Waals surface area contributed by atoms with Gasteiger partial charge in [-0.2, -0.15) is 0 Å². The molecule has 0 aliphatic carbocycles. The third-order valence-corrected chi connectivity index (χ3v) is 5.06. The minimum atomic E-state index is -0.208. The van der Waals surface area contributed by atoms with Crippen molar-refractivity contribution in [2.24, 2.45) is 13.0 Å². The number of aromatic nitrogens is 2. The molecular formula is C22H25N3O3. The predicted octanol–water partition coefficient (Wildman–Crippen LogP) is 3.86. The molecule has 1 N–H and O–H groups in total. The Hall–Kier alpha value is -3.02. The van der Waals surface area contributed by atoms with Crippen LogP contribution in [0.4, 0.5) is 0 Å². The SMILES string of the molecule is CC(C)[C@@H](NC(=O)c1ccc2c(c1)OCCCO2)c1nc2ccccc2n1C. The number of benzene rings is 2. The van der Waals surface area contributed by atoms with Crippen LogP contribution in [0.3, 0.4) is 0 Å². The van der Waals surface area contributed by atoms with E-state index in [0.717, 1.165) is 23.3 Å². The molecule has 0 spiro atoms. The quantitative estimate of drug-likeness (QED) is 0.748. The molecule has 1 atom stereocenters. The van der Waals surface area contributed by atoms with Crippen LogP contribution in [0.15, 0.2) is 42.5 Å². The first-order chi connectivity index (χ1) is 13.5. The zero-order chi connectivity index (χ0) is 19.7. The van der Waals surface area contributed by atoms with Crippen LogP contribution < -0.4 is 14.8 Å². The lowest BCUT2D eigenvalue weighted by atomic mass is 10.0. The van der Waals surface area contributed by atoms with Crippen molar-refractivity contribution in [1.82, 2.24) is 14.9 Å². The van der Waals surface area contributed by atoms with Gasteiger partial charge in [0.1, 0.15) is 5.82 Å². The fraction of sp³-hybridized carbons (Fsp3) is 0.364. The van der Waals surface area contributed by atoms with E-state index < -0.39 is 0 Å². The number of imidazole rings is 1. The number of ether oxygens (including phenoxy) is 2. The molecule has 6 heteroatoms. The van der Waals surface area contributed by atoms with Gasteiger partial charge in [-0.25, -0.2) is 4.98 Å². The number of nitrogens with zero attached hydrogens (tertiary/aromatic N) is 2. The highest BCUT2D eigenvalue weighted by molar-refractivity contribution is 5.95. The van der Waals surface area contributed by atoms with Gasteiger partial charge in [0.05, 0.1) is 30.3 Å². The van der Waals surface area contributed by atoms with Crippen molar-refractivity contribution in [3.63, 3.8) is 0 Å². The van der Waals surface area contributed by atoms with Crippen LogP contribution in [0, 0.1) is 5.92 Å². The maximum absolute atomic E-state index is 13.0. The number of amides is 1. The number of hydrogen-bond acceptors (Lipinski definition) is 4. The first kappa shape index (κ1) is 18.3. The number of fused-ring (bicyclic) bond motifs is 2. The van der Waals surface area contributed by atoms with Crippen molar-refractivity contribution >= 4 is 16.9 Å². The summed E-state index contributed by atoms with van der Waals surface area (Å²) in [5.41, 5.74) is 2.53. The van der Waals surface area contributed by atoms with Gasteiger partial charge < -0.3 is 19.4 Å². The summed E-state index contributed by atoms with van der Waals surface area (Å²) in [6.07, 6.45) is 0.832. The summed E-state index contributed by atoms with van der Waals surface area (Å²) in [5.74, 6) is 2.18. The molecule has 6 nitrogen and oxygen atoms in total. The number of carbonyl (C=O) groups is 1. The van der Waals surface area contributed by atoms with Crippen molar-refractivity contribution in [2.75, 3.05) is 13.2 Å². The Labute approximate surface area is 164 Å². The molecule has 1 amide bonds. The van der Waals surface area contributed by atoms with Gasteiger partial charge in [-0.05, 0) is 36.2 Å². The minimum absolute atomic E-state index is 0.151. The third kappa shape index (κ3) is 3.42. The molecule has 146 valence electrons. The average Bonchev–Trinajstić information content (AvgIpc) is 2.87. The van der Waals surface area contributed by atoms with Gasteiger partial charge in [0, 0.05) is 19.0 Å². The smallest absolute Gasteiger partial charge is 0.252 e. The second kappa shape index (κ2) is 7.54. The molecule has 0 saturated carbocycles. The summed E-state index contributed by atoms with van der Waals surface area (Å²) in [5, 5.41) is 3.15. The van der Waals surface area contributed by atoms with Crippen molar-refractivity contribution in [3.05, 3.63) is 53.9 Å². The Balaban J connectivity index is 1.62. The van der Waals surface area contributed by atoms with Gasteiger partial charge in [0.15, 0.2) is 11.5 Å².